The zero-order chi connectivity index (χ0) is 14.9. The van der Waals surface area contributed by atoms with Gasteiger partial charge in [0, 0.05) is 23.8 Å². The smallest absolute Gasteiger partial charge is 0.387 e. The van der Waals surface area contributed by atoms with Crippen LogP contribution in [0.2, 0.25) is 5.02 Å². The predicted octanol–water partition coefficient (Wildman–Crippen LogP) is 3.55. The van der Waals surface area contributed by atoms with Crippen LogP contribution in [0.3, 0.4) is 0 Å². The quantitative estimate of drug-likeness (QED) is 0.922. The summed E-state index contributed by atoms with van der Waals surface area (Å²) in [5, 5.41) is 3.11. The van der Waals surface area contributed by atoms with E-state index in [1.54, 1.807) is 19.2 Å². The Balaban J connectivity index is 2.30. The molecule has 0 radical (unpaired) electrons. The SMILES string of the molecule is CNc1ccc(Cl)cc1C(=O)N(CC(F)(F)F)C1CC1. The average molecular weight is 307 g/mol. The summed E-state index contributed by atoms with van der Waals surface area (Å²) in [6.07, 6.45) is -3.19. The molecule has 0 atom stereocenters. The highest BCUT2D eigenvalue weighted by Gasteiger charge is 2.41. The molecule has 1 saturated carbocycles. The van der Waals surface area contributed by atoms with Crippen LogP contribution in [-0.2, 0) is 0 Å². The first-order chi connectivity index (χ1) is 9.31. The molecule has 0 unspecified atom stereocenters. The summed E-state index contributed by atoms with van der Waals surface area (Å²) in [6, 6.07) is 4.22. The van der Waals surface area contributed by atoms with E-state index in [9.17, 15) is 18.0 Å². The molecule has 2 rings (SSSR count). The Morgan fingerprint density at radius 3 is 2.60 bits per heavy atom. The Morgan fingerprint density at radius 2 is 2.10 bits per heavy atom. The standard InChI is InChI=1S/C13H14ClF3N2O/c1-18-11-5-2-8(14)6-10(11)12(20)19(9-3-4-9)7-13(15,16)17/h2,5-6,9,18H,3-4,7H2,1H3. The molecule has 110 valence electrons. The van der Waals surface area contributed by atoms with Gasteiger partial charge in [-0.1, -0.05) is 11.6 Å². The second-order valence-electron chi connectivity index (χ2n) is 4.72. The van der Waals surface area contributed by atoms with Crippen molar-refractivity contribution in [3.05, 3.63) is 28.8 Å². The molecule has 1 fully saturated rings. The fourth-order valence-electron chi connectivity index (χ4n) is 2.01. The van der Waals surface area contributed by atoms with Crippen LogP contribution in [0.15, 0.2) is 18.2 Å². The van der Waals surface area contributed by atoms with Crippen molar-refractivity contribution in [3.8, 4) is 0 Å². The minimum atomic E-state index is -4.41. The van der Waals surface area contributed by atoms with Crippen molar-refractivity contribution in [2.75, 3.05) is 18.9 Å². The van der Waals surface area contributed by atoms with E-state index >= 15 is 0 Å². The van der Waals surface area contributed by atoms with Gasteiger partial charge >= 0.3 is 6.18 Å². The van der Waals surface area contributed by atoms with Gasteiger partial charge in [-0.25, -0.2) is 0 Å². The fraction of sp³-hybridized carbons (Fsp3) is 0.462. The Bertz CT molecular complexity index is 515. The van der Waals surface area contributed by atoms with Crippen LogP contribution in [0.1, 0.15) is 23.2 Å². The van der Waals surface area contributed by atoms with Gasteiger partial charge in [0.15, 0.2) is 0 Å². The molecule has 20 heavy (non-hydrogen) atoms. The average Bonchev–Trinajstić information content (AvgIpc) is 3.18. The lowest BCUT2D eigenvalue weighted by molar-refractivity contribution is -0.141. The normalized spacial score (nSPS) is 15.1. The molecule has 0 aliphatic heterocycles. The second-order valence-corrected chi connectivity index (χ2v) is 5.16. The van der Waals surface area contributed by atoms with Crippen LogP contribution >= 0.6 is 11.6 Å². The van der Waals surface area contributed by atoms with E-state index in [2.05, 4.69) is 5.32 Å². The summed E-state index contributed by atoms with van der Waals surface area (Å²) >= 11 is 5.83. The van der Waals surface area contributed by atoms with Crippen molar-refractivity contribution < 1.29 is 18.0 Å². The largest absolute Gasteiger partial charge is 0.406 e. The maximum absolute atomic E-state index is 12.6. The summed E-state index contributed by atoms with van der Waals surface area (Å²) < 4.78 is 37.8. The van der Waals surface area contributed by atoms with Crippen LogP contribution in [0.4, 0.5) is 18.9 Å². The topological polar surface area (TPSA) is 32.3 Å². The van der Waals surface area contributed by atoms with Gasteiger partial charge in [0.25, 0.3) is 5.91 Å². The number of benzene rings is 1. The van der Waals surface area contributed by atoms with Gasteiger partial charge in [0.2, 0.25) is 0 Å². The molecule has 1 aromatic rings. The number of halogens is 4. The number of carbonyl (C=O) groups excluding carboxylic acids is 1. The van der Waals surface area contributed by atoms with Crippen LogP contribution in [0, 0.1) is 0 Å². The maximum Gasteiger partial charge on any atom is 0.406 e. The van der Waals surface area contributed by atoms with E-state index < -0.39 is 18.6 Å². The first-order valence-electron chi connectivity index (χ1n) is 6.17. The van der Waals surface area contributed by atoms with Crippen LogP contribution in [0.5, 0.6) is 0 Å². The van der Waals surface area contributed by atoms with Gasteiger partial charge in [-0.15, -0.1) is 0 Å². The van der Waals surface area contributed by atoms with E-state index in [1.807, 2.05) is 0 Å². The molecule has 0 heterocycles. The van der Waals surface area contributed by atoms with Crippen LogP contribution in [-0.4, -0.2) is 36.6 Å². The predicted molar refractivity (Wildman–Crippen MR) is 71.1 cm³/mol. The summed E-state index contributed by atoms with van der Waals surface area (Å²) in [6.45, 7) is -1.23. The van der Waals surface area contributed by atoms with Gasteiger partial charge in [-0.05, 0) is 31.0 Å². The summed E-state index contributed by atoms with van der Waals surface area (Å²) in [7, 11) is 1.60. The molecule has 1 aromatic carbocycles. The van der Waals surface area contributed by atoms with Gasteiger partial charge < -0.3 is 10.2 Å². The maximum atomic E-state index is 12.6. The zero-order valence-corrected chi connectivity index (χ0v) is 11.6. The minimum absolute atomic E-state index is 0.163. The Hall–Kier alpha value is -1.43. The molecule has 3 nitrogen and oxygen atoms in total. The third-order valence-corrected chi connectivity index (χ3v) is 3.31. The van der Waals surface area contributed by atoms with Crippen molar-refractivity contribution in [3.63, 3.8) is 0 Å². The van der Waals surface area contributed by atoms with E-state index in [0.29, 0.717) is 23.6 Å². The molecule has 0 aromatic heterocycles. The summed E-state index contributed by atoms with van der Waals surface area (Å²) in [5.41, 5.74) is 0.628. The van der Waals surface area contributed by atoms with E-state index in [4.69, 9.17) is 11.6 Å². The Labute approximate surface area is 119 Å². The summed E-state index contributed by atoms with van der Waals surface area (Å²) in [5.74, 6) is -0.642. The van der Waals surface area contributed by atoms with Crippen molar-refractivity contribution in [1.29, 1.82) is 0 Å². The number of hydrogen-bond donors (Lipinski definition) is 1. The number of nitrogens with zero attached hydrogens (tertiary/aromatic N) is 1. The first kappa shape index (κ1) is 15.0. The molecule has 0 bridgehead atoms. The van der Waals surface area contributed by atoms with Gasteiger partial charge in [-0.3, -0.25) is 4.79 Å². The number of alkyl halides is 3. The second kappa shape index (κ2) is 5.52. The molecule has 1 aliphatic rings. The summed E-state index contributed by atoms with van der Waals surface area (Å²) in [4.78, 5) is 13.2. The van der Waals surface area contributed by atoms with Gasteiger partial charge in [-0.2, -0.15) is 13.2 Å². The van der Waals surface area contributed by atoms with Crippen LogP contribution < -0.4 is 5.32 Å². The lowest BCUT2D eigenvalue weighted by Crippen LogP contribution is -2.40. The van der Waals surface area contributed by atoms with Crippen molar-refractivity contribution >= 4 is 23.2 Å². The van der Waals surface area contributed by atoms with E-state index in [-0.39, 0.29) is 11.6 Å². The lowest BCUT2D eigenvalue weighted by atomic mass is 10.1. The van der Waals surface area contributed by atoms with Crippen molar-refractivity contribution in [1.82, 2.24) is 4.90 Å². The number of nitrogens with one attached hydrogen (secondary N) is 1. The van der Waals surface area contributed by atoms with E-state index in [0.717, 1.165) is 4.90 Å². The molecule has 1 N–H and O–H groups in total. The highest BCUT2D eigenvalue weighted by atomic mass is 35.5. The molecular weight excluding hydrogens is 293 g/mol. The Kier molecular flexibility index (Phi) is 4.13. The molecular formula is C13H14ClF3N2O. The fourth-order valence-corrected chi connectivity index (χ4v) is 2.18. The third-order valence-electron chi connectivity index (χ3n) is 3.08. The molecule has 0 saturated heterocycles. The monoisotopic (exact) mass is 306 g/mol. The number of rotatable bonds is 4. The highest BCUT2D eigenvalue weighted by Crippen LogP contribution is 2.33. The zero-order valence-electron chi connectivity index (χ0n) is 10.8. The Morgan fingerprint density at radius 1 is 1.45 bits per heavy atom. The highest BCUT2D eigenvalue weighted by molar-refractivity contribution is 6.31. The van der Waals surface area contributed by atoms with Gasteiger partial charge in [0.05, 0.1) is 5.56 Å². The number of hydrogen-bond acceptors (Lipinski definition) is 2. The molecule has 1 amide bonds. The molecule has 7 heteroatoms. The minimum Gasteiger partial charge on any atom is -0.387 e. The first-order valence-corrected chi connectivity index (χ1v) is 6.54. The van der Waals surface area contributed by atoms with Gasteiger partial charge in [0.1, 0.15) is 6.54 Å². The number of anilines is 1. The number of amides is 1. The number of carbonyl (C=O) groups is 1. The van der Waals surface area contributed by atoms with E-state index in [1.165, 1.54) is 6.07 Å². The molecule has 1 aliphatic carbocycles. The lowest BCUT2D eigenvalue weighted by Gasteiger charge is -2.24. The molecule has 0 spiro atoms. The van der Waals surface area contributed by atoms with Crippen LogP contribution in [0.25, 0.3) is 0 Å². The van der Waals surface area contributed by atoms with Crippen molar-refractivity contribution in [2.45, 2.75) is 25.1 Å². The third kappa shape index (κ3) is 3.56. The van der Waals surface area contributed by atoms with Crippen molar-refractivity contribution in [2.24, 2.45) is 0 Å².